The second-order valence-electron chi connectivity index (χ2n) is 15.2. The number of carbonyl (C=O) groups is 2. The number of rotatable bonds is 3. The maximum atomic E-state index is 14.5. The van der Waals surface area contributed by atoms with Gasteiger partial charge in [0.25, 0.3) is 0 Å². The zero-order valence-corrected chi connectivity index (χ0v) is 25.1. The van der Waals surface area contributed by atoms with E-state index in [0.29, 0.717) is 0 Å². The van der Waals surface area contributed by atoms with Crippen LogP contribution < -0.4 is 0 Å². The normalized spacial score (nSPS) is 44.1. The van der Waals surface area contributed by atoms with Crippen molar-refractivity contribution in [3.63, 3.8) is 0 Å². The summed E-state index contributed by atoms with van der Waals surface area (Å²) in [5.41, 5.74) is -0.378. The number of hydrogen-bond acceptors (Lipinski definition) is 5. The fraction of sp³-hybridized carbons (Fsp3) is 0.750. The van der Waals surface area contributed by atoms with Gasteiger partial charge in [-0.3, -0.25) is 14.6 Å². The Morgan fingerprint density at radius 1 is 1.03 bits per heavy atom. The van der Waals surface area contributed by atoms with Gasteiger partial charge in [0.2, 0.25) is 0 Å². The van der Waals surface area contributed by atoms with Crippen molar-refractivity contribution in [2.75, 3.05) is 7.05 Å². The van der Waals surface area contributed by atoms with E-state index in [2.05, 4.69) is 63.0 Å². The second kappa shape index (κ2) is 8.44. The topological polar surface area (TPSA) is 98.2 Å². The molecular formula is C32H45N5O2. The van der Waals surface area contributed by atoms with Crippen LogP contribution in [0.2, 0.25) is 0 Å². The van der Waals surface area contributed by atoms with Gasteiger partial charge >= 0.3 is 0 Å². The Bertz CT molecular complexity index is 1270. The molecule has 210 valence electrons. The Labute approximate surface area is 233 Å². The number of hydrogen-bond donors (Lipinski definition) is 0. The van der Waals surface area contributed by atoms with Crippen LogP contribution in [0.1, 0.15) is 93.4 Å². The smallest absolute Gasteiger partial charge is 0.178 e. The summed E-state index contributed by atoms with van der Waals surface area (Å²) in [5.74, 6) is 0.187. The van der Waals surface area contributed by atoms with Crippen LogP contribution in [0.25, 0.3) is 0 Å². The van der Waals surface area contributed by atoms with Gasteiger partial charge in [0.1, 0.15) is 6.07 Å². The molecule has 0 spiro atoms. The van der Waals surface area contributed by atoms with E-state index in [4.69, 9.17) is 0 Å². The Morgan fingerprint density at radius 2 is 1.69 bits per heavy atom. The van der Waals surface area contributed by atoms with Crippen molar-refractivity contribution in [3.8, 4) is 6.07 Å². The fourth-order valence-corrected chi connectivity index (χ4v) is 10.3. The minimum absolute atomic E-state index is 0.0520. The van der Waals surface area contributed by atoms with Gasteiger partial charge in [0.05, 0.1) is 11.1 Å². The molecule has 0 aromatic heterocycles. The van der Waals surface area contributed by atoms with Crippen molar-refractivity contribution >= 4 is 18.3 Å². The monoisotopic (exact) mass is 531 g/mol. The van der Waals surface area contributed by atoms with Gasteiger partial charge in [-0.25, -0.2) is 0 Å². The zero-order chi connectivity index (χ0) is 28.8. The highest BCUT2D eigenvalue weighted by molar-refractivity contribution is 6.04. The van der Waals surface area contributed by atoms with Gasteiger partial charge in [0, 0.05) is 30.5 Å². The molecule has 39 heavy (non-hydrogen) atoms. The first-order chi connectivity index (χ1) is 18.0. The van der Waals surface area contributed by atoms with Crippen molar-refractivity contribution in [2.24, 2.45) is 60.4 Å². The molecule has 0 amide bonds. The number of nitriles is 1. The van der Waals surface area contributed by atoms with Crippen LogP contribution in [0, 0.1) is 56.2 Å². The van der Waals surface area contributed by atoms with E-state index in [9.17, 15) is 14.9 Å². The van der Waals surface area contributed by atoms with E-state index in [1.54, 1.807) is 0 Å². The molecule has 5 aliphatic rings. The van der Waals surface area contributed by atoms with E-state index in [-0.39, 0.29) is 56.7 Å². The molecule has 7 heteroatoms. The van der Waals surface area contributed by atoms with Crippen LogP contribution >= 0.6 is 0 Å². The predicted octanol–water partition coefficient (Wildman–Crippen LogP) is 6.87. The average molecular weight is 532 g/mol. The largest absolute Gasteiger partial charge is 0.295 e. The highest BCUT2D eigenvalue weighted by atomic mass is 16.1. The minimum Gasteiger partial charge on any atom is -0.295 e. The quantitative estimate of drug-likeness (QED) is 0.225. The highest BCUT2D eigenvalue weighted by Crippen LogP contribution is 2.73. The standard InChI is InChI=1S/C32H45N5O2/c1-27(2)12-14-32(37(9)36-35-34-8)15-13-31(7)25(21(32)18-27)22(38)16-24-29(5)17-20(19-33)26(39)28(3,4)23(29)10-11-30(24,31)6/h16-17,21,23,25H,8,10-15,18H2,1-7,9H3/b36-35-/t21-,23-,25-,29-,30+,31+,32-/m0/s1. The SMILES string of the molecule is C=N/N=N\N(C)[C@]12CCC(C)(C)C[C@H]1[C@H]1C(=O)C=C3[C@@]4(C)C=C(C#N)C(=O)C(C)(C)[C@@H]4CC[C@@]3(C)[C@]1(C)CC2. The number of nitrogens with zero attached hydrogens (tertiary/aromatic N) is 5. The molecule has 0 unspecified atom stereocenters. The van der Waals surface area contributed by atoms with Crippen molar-refractivity contribution in [1.82, 2.24) is 5.01 Å². The summed E-state index contributed by atoms with van der Waals surface area (Å²) in [6.07, 6.45) is 10.6. The number of carbonyl (C=O) groups excluding carboxylic acids is 2. The number of allylic oxidation sites excluding steroid dienone is 4. The lowest BCUT2D eigenvalue weighted by atomic mass is 9.35. The molecule has 0 aliphatic heterocycles. The molecule has 7 nitrogen and oxygen atoms in total. The Kier molecular flexibility index (Phi) is 6.05. The van der Waals surface area contributed by atoms with Gasteiger partial charge in [-0.15, -0.1) is 5.10 Å². The average Bonchev–Trinajstić information content (AvgIpc) is 2.86. The molecule has 0 heterocycles. The lowest BCUT2D eigenvalue weighted by Crippen LogP contribution is -2.68. The van der Waals surface area contributed by atoms with E-state index in [0.717, 1.165) is 50.5 Å². The maximum Gasteiger partial charge on any atom is 0.178 e. The van der Waals surface area contributed by atoms with Crippen molar-refractivity contribution < 1.29 is 9.59 Å². The van der Waals surface area contributed by atoms with Crippen LogP contribution in [0.5, 0.6) is 0 Å². The third kappa shape index (κ3) is 3.48. The van der Waals surface area contributed by atoms with Gasteiger partial charge in [0.15, 0.2) is 11.6 Å². The molecule has 0 N–H and O–H groups in total. The fourth-order valence-electron chi connectivity index (χ4n) is 10.3. The van der Waals surface area contributed by atoms with Gasteiger partial charge in [-0.1, -0.05) is 65.3 Å². The summed E-state index contributed by atoms with van der Waals surface area (Å²) in [6.45, 7) is 19.0. The molecule has 3 fully saturated rings. The summed E-state index contributed by atoms with van der Waals surface area (Å²) in [7, 11) is 1.99. The van der Waals surface area contributed by atoms with Crippen LogP contribution in [-0.2, 0) is 9.59 Å². The summed E-state index contributed by atoms with van der Waals surface area (Å²) in [6, 6.07) is 2.20. The molecule has 0 aromatic rings. The third-order valence-corrected chi connectivity index (χ3v) is 12.7. The molecular weight excluding hydrogens is 486 g/mol. The molecule has 0 aromatic carbocycles. The highest BCUT2D eigenvalue weighted by Gasteiger charge is 2.70. The van der Waals surface area contributed by atoms with Gasteiger partial charge in [-0.05, 0) is 84.3 Å². The maximum absolute atomic E-state index is 14.5. The van der Waals surface area contributed by atoms with Crippen molar-refractivity contribution in [2.45, 2.75) is 99.0 Å². The van der Waals surface area contributed by atoms with E-state index < -0.39 is 10.8 Å². The molecule has 0 radical (unpaired) electrons. The van der Waals surface area contributed by atoms with Crippen LogP contribution in [0.4, 0.5) is 0 Å². The Morgan fingerprint density at radius 3 is 2.33 bits per heavy atom. The zero-order valence-electron chi connectivity index (χ0n) is 25.1. The first-order valence-electron chi connectivity index (χ1n) is 14.6. The molecule has 7 atom stereocenters. The number of ketones is 2. The lowest BCUT2D eigenvalue weighted by Gasteiger charge is -2.69. The van der Waals surface area contributed by atoms with Crippen LogP contribution in [0.3, 0.4) is 0 Å². The molecule has 3 saturated carbocycles. The number of Topliss-reactive ketones (excluding diaryl/α,β-unsaturated/α-hetero) is 1. The number of fused-ring (bicyclic) bond motifs is 7. The third-order valence-electron chi connectivity index (χ3n) is 12.7. The van der Waals surface area contributed by atoms with Crippen molar-refractivity contribution in [1.29, 1.82) is 5.26 Å². The predicted molar refractivity (Wildman–Crippen MR) is 151 cm³/mol. The molecule has 0 saturated heterocycles. The summed E-state index contributed by atoms with van der Waals surface area (Å²) in [4.78, 5) is 27.8. The molecule has 5 aliphatic carbocycles. The minimum atomic E-state index is -0.653. The Balaban J connectivity index is 1.69. The first kappa shape index (κ1) is 27.9. The van der Waals surface area contributed by atoms with Gasteiger partial charge < -0.3 is 0 Å². The van der Waals surface area contributed by atoms with E-state index >= 15 is 0 Å². The lowest BCUT2D eigenvalue weighted by molar-refractivity contribution is -0.176. The molecule has 5 rings (SSSR count). The van der Waals surface area contributed by atoms with Crippen LogP contribution in [-0.4, -0.2) is 35.9 Å². The van der Waals surface area contributed by atoms with Gasteiger partial charge in [-0.2, -0.15) is 5.26 Å². The first-order valence-corrected chi connectivity index (χ1v) is 14.6. The van der Waals surface area contributed by atoms with Crippen molar-refractivity contribution in [3.05, 3.63) is 23.3 Å². The second-order valence-corrected chi connectivity index (χ2v) is 15.2. The van der Waals surface area contributed by atoms with E-state index in [1.807, 2.05) is 38.1 Å². The summed E-state index contributed by atoms with van der Waals surface area (Å²) >= 11 is 0. The molecule has 0 bridgehead atoms. The van der Waals surface area contributed by atoms with E-state index in [1.165, 1.54) is 0 Å². The Hall–Kier alpha value is -2.62. The summed E-state index contributed by atoms with van der Waals surface area (Å²) in [5, 5.41) is 23.8. The van der Waals surface area contributed by atoms with Crippen LogP contribution in [0.15, 0.2) is 38.8 Å². The summed E-state index contributed by atoms with van der Waals surface area (Å²) < 4.78 is 0.